The fourth-order valence-electron chi connectivity index (χ4n) is 3.08. The predicted octanol–water partition coefficient (Wildman–Crippen LogP) is 1.01. The zero-order valence-corrected chi connectivity index (χ0v) is 15.1. The smallest absolute Gasteiger partial charge is 0.234 e. The Kier molecular flexibility index (Phi) is 9.17. The van der Waals surface area contributed by atoms with Crippen molar-refractivity contribution in [3.63, 3.8) is 0 Å². The van der Waals surface area contributed by atoms with E-state index < -0.39 is 0 Å². The van der Waals surface area contributed by atoms with Crippen LogP contribution in [0, 0.1) is 11.8 Å². The van der Waals surface area contributed by atoms with Gasteiger partial charge in [-0.1, -0.05) is 26.7 Å². The zero-order chi connectivity index (χ0) is 17.2. The number of nitrogens with one attached hydrogen (secondary N) is 2. The zero-order valence-electron chi connectivity index (χ0n) is 15.1. The SMILES string of the molecule is COCCCNC(=O)CN(C)CC(=O)NC1CCCC(C)C1C. The summed E-state index contributed by atoms with van der Waals surface area (Å²) >= 11 is 0. The summed E-state index contributed by atoms with van der Waals surface area (Å²) in [4.78, 5) is 25.7. The molecule has 0 spiro atoms. The Bertz CT molecular complexity index is 376. The lowest BCUT2D eigenvalue weighted by molar-refractivity contribution is -0.125. The number of carbonyl (C=O) groups is 2. The highest BCUT2D eigenvalue weighted by Crippen LogP contribution is 2.29. The van der Waals surface area contributed by atoms with Crippen molar-refractivity contribution in [2.75, 3.05) is 40.4 Å². The molecule has 134 valence electrons. The highest BCUT2D eigenvalue weighted by atomic mass is 16.5. The first-order chi connectivity index (χ1) is 10.9. The summed E-state index contributed by atoms with van der Waals surface area (Å²) in [7, 11) is 3.43. The van der Waals surface area contributed by atoms with E-state index in [-0.39, 0.29) is 30.9 Å². The van der Waals surface area contributed by atoms with Gasteiger partial charge < -0.3 is 15.4 Å². The third-order valence-electron chi connectivity index (χ3n) is 4.73. The van der Waals surface area contributed by atoms with Crippen LogP contribution in [0.5, 0.6) is 0 Å². The van der Waals surface area contributed by atoms with Crippen LogP contribution in [0.4, 0.5) is 0 Å². The molecular formula is C17H33N3O3. The van der Waals surface area contributed by atoms with E-state index in [9.17, 15) is 9.59 Å². The van der Waals surface area contributed by atoms with Crippen molar-refractivity contribution in [2.45, 2.75) is 45.6 Å². The lowest BCUT2D eigenvalue weighted by atomic mass is 9.78. The maximum atomic E-state index is 12.2. The predicted molar refractivity (Wildman–Crippen MR) is 91.1 cm³/mol. The van der Waals surface area contributed by atoms with Crippen molar-refractivity contribution in [3.8, 4) is 0 Å². The van der Waals surface area contributed by atoms with Crippen LogP contribution in [-0.2, 0) is 14.3 Å². The van der Waals surface area contributed by atoms with Gasteiger partial charge in [0.25, 0.3) is 0 Å². The van der Waals surface area contributed by atoms with Gasteiger partial charge in [-0.3, -0.25) is 14.5 Å². The van der Waals surface area contributed by atoms with Crippen molar-refractivity contribution in [1.82, 2.24) is 15.5 Å². The molecule has 1 aliphatic carbocycles. The topological polar surface area (TPSA) is 70.7 Å². The largest absolute Gasteiger partial charge is 0.385 e. The molecule has 0 bridgehead atoms. The van der Waals surface area contributed by atoms with Crippen molar-refractivity contribution in [3.05, 3.63) is 0 Å². The number of nitrogens with zero attached hydrogens (tertiary/aromatic N) is 1. The summed E-state index contributed by atoms with van der Waals surface area (Å²) in [5.74, 6) is 1.12. The van der Waals surface area contributed by atoms with Gasteiger partial charge >= 0.3 is 0 Å². The molecule has 0 heterocycles. The Morgan fingerprint density at radius 1 is 1.17 bits per heavy atom. The van der Waals surface area contributed by atoms with E-state index >= 15 is 0 Å². The fraction of sp³-hybridized carbons (Fsp3) is 0.882. The molecule has 6 heteroatoms. The highest BCUT2D eigenvalue weighted by Gasteiger charge is 2.28. The standard InChI is InChI=1S/C17H33N3O3/c1-13-7-5-8-15(14(13)2)19-17(22)12-20(3)11-16(21)18-9-6-10-23-4/h13-15H,5-12H2,1-4H3,(H,18,21)(H,19,22). The van der Waals surface area contributed by atoms with E-state index in [4.69, 9.17) is 4.74 Å². The minimum atomic E-state index is -0.0592. The number of hydrogen-bond donors (Lipinski definition) is 2. The number of methoxy groups -OCH3 is 1. The van der Waals surface area contributed by atoms with Crippen LogP contribution in [-0.4, -0.2) is 63.2 Å². The summed E-state index contributed by atoms with van der Waals surface area (Å²) in [6.45, 7) is 6.19. The molecule has 0 aliphatic heterocycles. The Hall–Kier alpha value is -1.14. The molecule has 0 aromatic heterocycles. The third-order valence-corrected chi connectivity index (χ3v) is 4.73. The van der Waals surface area contributed by atoms with Gasteiger partial charge in [-0.25, -0.2) is 0 Å². The molecule has 1 rings (SSSR count). The fourth-order valence-corrected chi connectivity index (χ4v) is 3.08. The first kappa shape index (κ1) is 19.9. The van der Waals surface area contributed by atoms with Crippen LogP contribution < -0.4 is 10.6 Å². The van der Waals surface area contributed by atoms with E-state index in [0.29, 0.717) is 25.0 Å². The van der Waals surface area contributed by atoms with Crippen LogP contribution in [0.15, 0.2) is 0 Å². The Labute approximate surface area is 140 Å². The van der Waals surface area contributed by atoms with Gasteiger partial charge in [-0.15, -0.1) is 0 Å². The maximum Gasteiger partial charge on any atom is 0.234 e. The van der Waals surface area contributed by atoms with E-state index in [1.807, 2.05) is 0 Å². The lowest BCUT2D eigenvalue weighted by Gasteiger charge is -2.34. The van der Waals surface area contributed by atoms with Gasteiger partial charge in [0.2, 0.25) is 11.8 Å². The molecule has 2 N–H and O–H groups in total. The molecule has 0 aromatic rings. The van der Waals surface area contributed by atoms with E-state index in [2.05, 4.69) is 24.5 Å². The van der Waals surface area contributed by atoms with Crippen LogP contribution >= 0.6 is 0 Å². The summed E-state index contributed by atoms with van der Waals surface area (Å²) in [6, 6.07) is 0.266. The highest BCUT2D eigenvalue weighted by molar-refractivity contribution is 5.81. The number of likely N-dealkylation sites (N-methyl/N-ethyl adjacent to an activating group) is 1. The van der Waals surface area contributed by atoms with Gasteiger partial charge in [0.05, 0.1) is 13.1 Å². The van der Waals surface area contributed by atoms with Crippen molar-refractivity contribution < 1.29 is 14.3 Å². The number of hydrogen-bond acceptors (Lipinski definition) is 4. The summed E-state index contributed by atoms with van der Waals surface area (Å²) in [5.41, 5.74) is 0. The normalized spacial score (nSPS) is 24.5. The molecule has 3 atom stereocenters. The number of ether oxygens (including phenoxy) is 1. The minimum absolute atomic E-state index is 0.00522. The van der Waals surface area contributed by atoms with Gasteiger partial charge in [0.15, 0.2) is 0 Å². The van der Waals surface area contributed by atoms with E-state index in [1.165, 1.54) is 12.8 Å². The number of amides is 2. The molecule has 6 nitrogen and oxygen atoms in total. The second kappa shape index (κ2) is 10.6. The first-order valence-corrected chi connectivity index (χ1v) is 8.67. The summed E-state index contributed by atoms with van der Waals surface area (Å²) < 4.78 is 4.93. The molecule has 3 unspecified atom stereocenters. The molecule has 0 radical (unpaired) electrons. The van der Waals surface area contributed by atoms with Gasteiger partial charge in [-0.05, 0) is 31.7 Å². The van der Waals surface area contributed by atoms with Crippen molar-refractivity contribution >= 4 is 11.8 Å². The Balaban J connectivity index is 2.23. The third kappa shape index (κ3) is 7.79. The average molecular weight is 327 g/mol. The van der Waals surface area contributed by atoms with Crippen LogP contribution in [0.3, 0.4) is 0 Å². The van der Waals surface area contributed by atoms with Crippen molar-refractivity contribution in [2.24, 2.45) is 11.8 Å². The summed E-state index contributed by atoms with van der Waals surface area (Å²) in [5, 5.41) is 5.96. The molecule has 23 heavy (non-hydrogen) atoms. The molecule has 1 fully saturated rings. The number of carbonyl (C=O) groups excluding carboxylic acids is 2. The van der Waals surface area contributed by atoms with Gasteiger partial charge in [0, 0.05) is 26.3 Å². The van der Waals surface area contributed by atoms with Crippen LogP contribution in [0.2, 0.25) is 0 Å². The molecule has 0 saturated heterocycles. The van der Waals surface area contributed by atoms with E-state index in [0.717, 1.165) is 12.8 Å². The molecule has 0 aromatic carbocycles. The molecule has 1 aliphatic rings. The summed E-state index contributed by atoms with van der Waals surface area (Å²) in [6.07, 6.45) is 4.28. The van der Waals surface area contributed by atoms with Crippen molar-refractivity contribution in [1.29, 1.82) is 0 Å². The second-order valence-electron chi connectivity index (χ2n) is 6.81. The monoisotopic (exact) mass is 327 g/mol. The Morgan fingerprint density at radius 3 is 2.57 bits per heavy atom. The molecule has 2 amide bonds. The molecule has 1 saturated carbocycles. The first-order valence-electron chi connectivity index (χ1n) is 8.67. The molecular weight excluding hydrogens is 294 g/mol. The quantitative estimate of drug-likeness (QED) is 0.620. The number of rotatable bonds is 9. The lowest BCUT2D eigenvalue weighted by Crippen LogP contribution is -2.48. The maximum absolute atomic E-state index is 12.2. The van der Waals surface area contributed by atoms with E-state index in [1.54, 1.807) is 19.1 Å². The Morgan fingerprint density at radius 2 is 1.87 bits per heavy atom. The van der Waals surface area contributed by atoms with Crippen LogP contribution in [0.25, 0.3) is 0 Å². The second-order valence-corrected chi connectivity index (χ2v) is 6.81. The average Bonchev–Trinajstić information content (AvgIpc) is 2.48. The minimum Gasteiger partial charge on any atom is -0.385 e. The van der Waals surface area contributed by atoms with Crippen LogP contribution in [0.1, 0.15) is 39.5 Å². The van der Waals surface area contributed by atoms with Gasteiger partial charge in [0.1, 0.15) is 0 Å². The van der Waals surface area contributed by atoms with Gasteiger partial charge in [-0.2, -0.15) is 0 Å².